The van der Waals surface area contributed by atoms with Crippen LogP contribution in [0.1, 0.15) is 63.1 Å². The Bertz CT molecular complexity index is 1740. The van der Waals surface area contributed by atoms with Gasteiger partial charge >= 0.3 is 12.1 Å². The minimum Gasteiger partial charge on any atom is -0.403 e. The van der Waals surface area contributed by atoms with E-state index in [2.05, 4.69) is 25.3 Å². The van der Waals surface area contributed by atoms with Gasteiger partial charge in [0.05, 0.1) is 11.4 Å². The van der Waals surface area contributed by atoms with Crippen molar-refractivity contribution < 1.29 is 22.3 Å². The molecule has 0 radical (unpaired) electrons. The van der Waals surface area contributed by atoms with Gasteiger partial charge in [-0.2, -0.15) is 4.98 Å². The van der Waals surface area contributed by atoms with Crippen molar-refractivity contribution in [2.45, 2.75) is 76.9 Å². The Hall–Kier alpha value is -4.47. The highest BCUT2D eigenvalue weighted by Crippen LogP contribution is 2.35. The van der Waals surface area contributed by atoms with Gasteiger partial charge in [0.1, 0.15) is 5.65 Å². The average molecular weight is 674 g/mol. The summed E-state index contributed by atoms with van der Waals surface area (Å²) in [5, 5.41) is 14.4. The van der Waals surface area contributed by atoms with Gasteiger partial charge in [-0.3, -0.25) is 9.98 Å². The monoisotopic (exact) mass is 673 g/mol. The third-order valence-electron chi connectivity index (χ3n) is 7.98. The lowest BCUT2D eigenvalue weighted by Gasteiger charge is -2.21. The number of halogens is 4. The molecule has 4 rings (SSSR count). The van der Waals surface area contributed by atoms with E-state index in [1.165, 1.54) is 16.7 Å². The molecular weight excluding hydrogens is 630 g/mol. The second kappa shape index (κ2) is 16.1. The quantitative estimate of drug-likeness (QED) is 0.0506. The van der Waals surface area contributed by atoms with Crippen LogP contribution in [-0.2, 0) is 6.42 Å². The third kappa shape index (κ3) is 10.0. The van der Waals surface area contributed by atoms with Gasteiger partial charge in [0.25, 0.3) is 0 Å². The summed E-state index contributed by atoms with van der Waals surface area (Å²) in [5.74, 6) is -2.20. The zero-order valence-corrected chi connectivity index (χ0v) is 27.0. The van der Waals surface area contributed by atoms with Gasteiger partial charge in [0, 0.05) is 35.3 Å². The second-order valence-corrected chi connectivity index (χ2v) is 12.0. The maximum absolute atomic E-state index is 15.4. The van der Waals surface area contributed by atoms with Crippen LogP contribution in [0.25, 0.3) is 28.0 Å². The molecule has 2 heterocycles. The van der Waals surface area contributed by atoms with Crippen LogP contribution in [-0.4, -0.2) is 52.0 Å². The molecule has 0 unspecified atom stereocenters. The highest BCUT2D eigenvalue weighted by molar-refractivity contribution is 5.83. The summed E-state index contributed by atoms with van der Waals surface area (Å²) < 4.78 is 60.1. The molecule has 0 bridgehead atoms. The van der Waals surface area contributed by atoms with Crippen molar-refractivity contribution in [2.24, 2.45) is 17.2 Å². The molecule has 11 nitrogen and oxygen atoms in total. The molecule has 260 valence electrons. The lowest BCUT2D eigenvalue weighted by Crippen LogP contribution is -2.41. The second-order valence-electron chi connectivity index (χ2n) is 12.0. The number of fused-ring (bicyclic) bond motifs is 1. The molecule has 15 heteroatoms. The van der Waals surface area contributed by atoms with Gasteiger partial charge in [-0.1, -0.05) is 12.1 Å². The molecule has 0 aliphatic heterocycles. The first-order chi connectivity index (χ1) is 22.7. The van der Waals surface area contributed by atoms with Crippen molar-refractivity contribution in [1.29, 1.82) is 5.41 Å². The summed E-state index contributed by atoms with van der Waals surface area (Å²) in [6, 6.07) is 11.3. The van der Waals surface area contributed by atoms with Crippen LogP contribution in [0.5, 0.6) is 5.75 Å². The Morgan fingerprint density at radius 3 is 2.48 bits per heavy atom. The zero-order chi connectivity index (χ0) is 35.0. The van der Waals surface area contributed by atoms with Crippen LogP contribution in [0.2, 0.25) is 0 Å². The number of ether oxygens (including phenoxy) is 1. The number of guanidine groups is 1. The summed E-state index contributed by atoms with van der Waals surface area (Å²) in [5.41, 5.74) is 18.5. The van der Waals surface area contributed by atoms with Crippen molar-refractivity contribution in [3.8, 4) is 22.7 Å². The van der Waals surface area contributed by atoms with E-state index in [0.29, 0.717) is 49.0 Å². The highest BCUT2D eigenvalue weighted by Gasteiger charge is 2.33. The molecule has 48 heavy (non-hydrogen) atoms. The van der Waals surface area contributed by atoms with Gasteiger partial charge in [0.2, 0.25) is 0 Å². The molecule has 0 amide bonds. The van der Waals surface area contributed by atoms with Crippen molar-refractivity contribution in [1.82, 2.24) is 25.2 Å². The van der Waals surface area contributed by atoms with Crippen LogP contribution in [0, 0.1) is 11.2 Å². The molecule has 2 aromatic heterocycles. The van der Waals surface area contributed by atoms with Crippen LogP contribution in [0.15, 0.2) is 53.5 Å². The molecule has 10 N–H and O–H groups in total. The summed E-state index contributed by atoms with van der Waals surface area (Å²) in [6.07, 6.45) is 0.424. The number of aromatic nitrogens is 3. The first-order valence-electron chi connectivity index (χ1n) is 15.8. The van der Waals surface area contributed by atoms with Crippen LogP contribution >= 0.6 is 0 Å². The fourth-order valence-electron chi connectivity index (χ4n) is 5.54. The standard InChI is InChI=1S/C33H43F4N9O2/c1-19(39)5-3-6-21-15-26(29(34)28(16-21)48-33(35,36)37)27-17-23-18-46(32(47)45-30(23)44-27)25-10-8-22(9-11-25)20(2)42-14-12-24(7-4-13-38)43-31(40)41/h8-11,15-20,24,42H,3-7,12-14,38-39H2,1-2H3,(H4,40,41,43)(H,44,45,47)/t19-,20-,24+/m0/s1. The van der Waals surface area contributed by atoms with Gasteiger partial charge in [-0.25, -0.2) is 9.18 Å². The Kier molecular flexibility index (Phi) is 12.2. The van der Waals surface area contributed by atoms with E-state index in [-0.39, 0.29) is 41.0 Å². The maximum Gasteiger partial charge on any atom is 0.573 e. The van der Waals surface area contributed by atoms with Crippen LogP contribution < -0.4 is 38.3 Å². The molecule has 3 atom stereocenters. The van der Waals surface area contributed by atoms with E-state index in [0.717, 1.165) is 30.9 Å². The summed E-state index contributed by atoms with van der Waals surface area (Å²) >= 11 is 0. The van der Waals surface area contributed by atoms with Crippen molar-refractivity contribution in [3.05, 3.63) is 76.1 Å². The van der Waals surface area contributed by atoms with Gasteiger partial charge in [-0.15, -0.1) is 13.2 Å². The van der Waals surface area contributed by atoms with Gasteiger partial charge in [-0.05, 0) is 107 Å². The normalized spacial score (nSPS) is 13.8. The number of hydrogen-bond donors (Lipinski definition) is 7. The molecule has 0 fully saturated rings. The van der Waals surface area contributed by atoms with E-state index in [1.54, 1.807) is 18.3 Å². The number of nitrogens with two attached hydrogens (primary N) is 3. The zero-order valence-electron chi connectivity index (χ0n) is 27.0. The molecule has 2 aromatic carbocycles. The van der Waals surface area contributed by atoms with E-state index < -0.39 is 23.6 Å². The molecule has 0 saturated carbocycles. The average Bonchev–Trinajstić information content (AvgIpc) is 3.42. The topological polar surface area (TPSA) is 186 Å². The number of alkyl halides is 3. The lowest BCUT2D eigenvalue weighted by atomic mass is 10.0. The van der Waals surface area contributed by atoms with Crippen LogP contribution in [0.3, 0.4) is 0 Å². The Morgan fingerprint density at radius 2 is 1.83 bits per heavy atom. The highest BCUT2D eigenvalue weighted by atomic mass is 19.4. The number of H-pyrrole nitrogens is 1. The van der Waals surface area contributed by atoms with Crippen molar-refractivity contribution in [2.75, 3.05) is 13.1 Å². The fourth-order valence-corrected chi connectivity index (χ4v) is 5.54. The van der Waals surface area contributed by atoms with E-state index in [1.807, 2.05) is 26.0 Å². The smallest absolute Gasteiger partial charge is 0.403 e. The summed E-state index contributed by atoms with van der Waals surface area (Å²) in [7, 11) is 0. The number of rotatable bonds is 16. The predicted octanol–water partition coefficient (Wildman–Crippen LogP) is 4.72. The van der Waals surface area contributed by atoms with Gasteiger partial charge < -0.3 is 37.6 Å². The van der Waals surface area contributed by atoms with Crippen molar-refractivity contribution >= 4 is 17.0 Å². The molecule has 0 saturated heterocycles. The number of benzene rings is 2. The SMILES string of the molecule is C[C@H](N)CCCc1cc(OC(F)(F)F)c(F)c(-c2cc3cn(-c4ccc([C@H](C)NCC[C@@H](CCCN)NC(=N)N)cc4)c(=O)nc3[nH]2)c1. The Balaban J connectivity index is 1.54. The van der Waals surface area contributed by atoms with Gasteiger partial charge in [0.15, 0.2) is 17.5 Å². The largest absolute Gasteiger partial charge is 0.573 e. The molecule has 0 aliphatic rings. The van der Waals surface area contributed by atoms with E-state index in [4.69, 9.17) is 22.6 Å². The summed E-state index contributed by atoms with van der Waals surface area (Å²) in [4.78, 5) is 20.0. The minimum atomic E-state index is -5.09. The van der Waals surface area contributed by atoms with Crippen LogP contribution in [0.4, 0.5) is 17.6 Å². The Morgan fingerprint density at radius 1 is 1.10 bits per heavy atom. The molecule has 0 aliphatic carbocycles. The third-order valence-corrected chi connectivity index (χ3v) is 7.98. The lowest BCUT2D eigenvalue weighted by molar-refractivity contribution is -0.275. The number of aryl methyl sites for hydroxylation is 1. The first-order valence-corrected chi connectivity index (χ1v) is 15.8. The first kappa shape index (κ1) is 36.4. The minimum absolute atomic E-state index is 0.00771. The molecular formula is C33H43F4N9O2. The number of hydrogen-bond acceptors (Lipinski definition) is 7. The fraction of sp³-hybridized carbons (Fsp3) is 0.424. The summed E-state index contributed by atoms with van der Waals surface area (Å²) in [6.45, 7) is 5.08. The molecule has 4 aromatic rings. The number of nitrogens with one attached hydrogen (secondary N) is 4. The predicted molar refractivity (Wildman–Crippen MR) is 179 cm³/mol. The Labute approximate surface area is 275 Å². The van der Waals surface area contributed by atoms with E-state index in [9.17, 15) is 18.0 Å². The number of aromatic amines is 1. The maximum atomic E-state index is 15.4. The van der Waals surface area contributed by atoms with Crippen molar-refractivity contribution in [3.63, 3.8) is 0 Å². The number of nitrogens with zero attached hydrogens (tertiary/aromatic N) is 2. The molecule has 0 spiro atoms. The van der Waals surface area contributed by atoms with E-state index >= 15 is 4.39 Å².